The van der Waals surface area contributed by atoms with Gasteiger partial charge in [0.2, 0.25) is 0 Å². The summed E-state index contributed by atoms with van der Waals surface area (Å²) < 4.78 is 1.84. The monoisotopic (exact) mass is 370 g/mol. The van der Waals surface area contributed by atoms with Gasteiger partial charge in [0, 0.05) is 18.9 Å². The number of hydrogen-bond donors (Lipinski definition) is 0. The Hall–Kier alpha value is -3.38. The first kappa shape index (κ1) is 18.0. The zero-order chi connectivity index (χ0) is 19.3. The maximum absolute atomic E-state index is 4.42. The normalized spacial score (nSPS) is 12.2. The van der Waals surface area contributed by atoms with Crippen LogP contribution in [0.1, 0.15) is 28.6 Å². The fourth-order valence-corrected chi connectivity index (χ4v) is 3.44. The number of nitrogens with zero attached hydrogens (tertiary/aromatic N) is 6. The minimum absolute atomic E-state index is 0.101. The van der Waals surface area contributed by atoms with Gasteiger partial charge in [0.1, 0.15) is 0 Å². The molecule has 6 nitrogen and oxygen atoms in total. The third-order valence-corrected chi connectivity index (χ3v) is 4.79. The van der Waals surface area contributed by atoms with E-state index in [-0.39, 0.29) is 6.04 Å². The number of hydrogen-bond acceptors (Lipinski definition) is 5. The molecular weight excluding hydrogens is 348 g/mol. The standard InChI is InChI=1S/C22H22N6/c1-17-9-6-7-13-20(17)28-22(24-25-26-28)21(19-11-4-3-5-12-19)27(2)16-18-10-8-14-23-15-18/h3-15,21H,16H2,1-2H3. The zero-order valence-corrected chi connectivity index (χ0v) is 16.0. The smallest absolute Gasteiger partial charge is 0.178 e. The van der Waals surface area contributed by atoms with Crippen molar-refractivity contribution >= 4 is 0 Å². The fourth-order valence-electron chi connectivity index (χ4n) is 3.44. The molecule has 2 aromatic heterocycles. The molecule has 2 heterocycles. The summed E-state index contributed by atoms with van der Waals surface area (Å²) in [6.45, 7) is 2.80. The van der Waals surface area contributed by atoms with E-state index >= 15 is 0 Å². The molecule has 0 bridgehead atoms. The van der Waals surface area contributed by atoms with Gasteiger partial charge in [-0.3, -0.25) is 9.88 Å². The van der Waals surface area contributed by atoms with Crippen LogP contribution in [0.3, 0.4) is 0 Å². The molecule has 0 aliphatic carbocycles. The molecule has 28 heavy (non-hydrogen) atoms. The van der Waals surface area contributed by atoms with Crippen molar-refractivity contribution < 1.29 is 0 Å². The van der Waals surface area contributed by atoms with Gasteiger partial charge in [-0.25, -0.2) is 0 Å². The number of para-hydroxylation sites is 1. The van der Waals surface area contributed by atoms with E-state index in [1.807, 2.05) is 53.3 Å². The second-order valence-corrected chi connectivity index (χ2v) is 6.82. The van der Waals surface area contributed by atoms with E-state index in [9.17, 15) is 0 Å². The van der Waals surface area contributed by atoms with E-state index in [1.54, 1.807) is 6.20 Å². The van der Waals surface area contributed by atoms with Gasteiger partial charge < -0.3 is 0 Å². The number of tetrazole rings is 1. The van der Waals surface area contributed by atoms with Crippen LogP contribution in [0.25, 0.3) is 5.69 Å². The first-order chi connectivity index (χ1) is 13.7. The van der Waals surface area contributed by atoms with Crippen molar-refractivity contribution in [3.8, 4) is 5.69 Å². The highest BCUT2D eigenvalue weighted by Crippen LogP contribution is 2.29. The number of aromatic nitrogens is 5. The molecule has 0 aliphatic heterocycles. The molecule has 0 fully saturated rings. The van der Waals surface area contributed by atoms with Gasteiger partial charge in [-0.2, -0.15) is 4.68 Å². The van der Waals surface area contributed by atoms with Crippen LogP contribution < -0.4 is 0 Å². The summed E-state index contributed by atoms with van der Waals surface area (Å²) >= 11 is 0. The summed E-state index contributed by atoms with van der Waals surface area (Å²) in [6.07, 6.45) is 3.68. The average Bonchev–Trinajstić information content (AvgIpc) is 3.19. The van der Waals surface area contributed by atoms with Crippen molar-refractivity contribution in [3.05, 3.63) is 102 Å². The Morgan fingerprint density at radius 1 is 0.964 bits per heavy atom. The van der Waals surface area contributed by atoms with Crippen LogP contribution in [0.5, 0.6) is 0 Å². The second-order valence-electron chi connectivity index (χ2n) is 6.82. The van der Waals surface area contributed by atoms with Gasteiger partial charge in [0.05, 0.1) is 11.7 Å². The van der Waals surface area contributed by atoms with Crippen molar-refractivity contribution in [2.75, 3.05) is 7.05 Å². The largest absolute Gasteiger partial charge is 0.288 e. The van der Waals surface area contributed by atoms with E-state index in [4.69, 9.17) is 0 Å². The molecule has 0 saturated carbocycles. The summed E-state index contributed by atoms with van der Waals surface area (Å²) in [4.78, 5) is 6.48. The Kier molecular flexibility index (Phi) is 5.21. The van der Waals surface area contributed by atoms with Crippen LogP contribution >= 0.6 is 0 Å². The molecule has 1 unspecified atom stereocenters. The predicted molar refractivity (Wildman–Crippen MR) is 108 cm³/mol. The number of aryl methyl sites for hydroxylation is 1. The molecule has 0 amide bonds. The molecule has 0 aliphatic rings. The SMILES string of the molecule is Cc1ccccc1-n1nnnc1C(c1ccccc1)N(C)Cc1cccnc1. The fraction of sp³-hybridized carbons (Fsp3) is 0.182. The number of pyridine rings is 1. The van der Waals surface area contributed by atoms with Crippen molar-refractivity contribution in [1.29, 1.82) is 0 Å². The molecule has 0 N–H and O–H groups in total. The quantitative estimate of drug-likeness (QED) is 0.519. The highest BCUT2D eigenvalue weighted by atomic mass is 15.6. The number of benzene rings is 2. The number of rotatable bonds is 6. The minimum Gasteiger partial charge on any atom is -0.288 e. The van der Waals surface area contributed by atoms with Crippen LogP contribution in [0.15, 0.2) is 79.1 Å². The lowest BCUT2D eigenvalue weighted by Crippen LogP contribution is -2.28. The summed E-state index contributed by atoms with van der Waals surface area (Å²) in [6, 6.07) is 22.4. The van der Waals surface area contributed by atoms with E-state index in [0.29, 0.717) is 0 Å². The molecule has 4 rings (SSSR count). The van der Waals surface area contributed by atoms with Crippen molar-refractivity contribution in [1.82, 2.24) is 30.1 Å². The third kappa shape index (κ3) is 3.68. The molecule has 4 aromatic rings. The van der Waals surface area contributed by atoms with Gasteiger partial charge in [-0.05, 0) is 53.2 Å². The van der Waals surface area contributed by atoms with Gasteiger partial charge in [-0.1, -0.05) is 54.6 Å². The molecule has 2 aromatic carbocycles. The lowest BCUT2D eigenvalue weighted by molar-refractivity contribution is 0.258. The molecular formula is C22H22N6. The van der Waals surface area contributed by atoms with Crippen LogP contribution in [-0.2, 0) is 6.54 Å². The van der Waals surface area contributed by atoms with E-state index < -0.39 is 0 Å². The van der Waals surface area contributed by atoms with Gasteiger partial charge in [0.15, 0.2) is 5.82 Å². The van der Waals surface area contributed by atoms with Crippen LogP contribution in [-0.4, -0.2) is 37.1 Å². The van der Waals surface area contributed by atoms with Crippen molar-refractivity contribution in [3.63, 3.8) is 0 Å². The van der Waals surface area contributed by atoms with Gasteiger partial charge in [0.25, 0.3) is 0 Å². The Balaban J connectivity index is 1.77. The first-order valence-corrected chi connectivity index (χ1v) is 9.22. The molecule has 0 saturated heterocycles. The average molecular weight is 370 g/mol. The first-order valence-electron chi connectivity index (χ1n) is 9.22. The zero-order valence-electron chi connectivity index (χ0n) is 16.0. The Morgan fingerprint density at radius 2 is 1.75 bits per heavy atom. The van der Waals surface area contributed by atoms with E-state index in [1.165, 1.54) is 0 Å². The second kappa shape index (κ2) is 8.10. The van der Waals surface area contributed by atoms with Crippen LogP contribution in [0, 0.1) is 6.92 Å². The highest BCUT2D eigenvalue weighted by molar-refractivity contribution is 5.40. The Labute approximate surface area is 164 Å². The maximum atomic E-state index is 4.42. The summed E-state index contributed by atoms with van der Waals surface area (Å²) in [5, 5.41) is 12.7. The lowest BCUT2D eigenvalue weighted by Gasteiger charge is -2.27. The lowest BCUT2D eigenvalue weighted by atomic mass is 10.0. The summed E-state index contributed by atoms with van der Waals surface area (Å²) in [7, 11) is 2.08. The summed E-state index contributed by atoms with van der Waals surface area (Å²) in [5.41, 5.74) is 4.38. The highest BCUT2D eigenvalue weighted by Gasteiger charge is 2.26. The van der Waals surface area contributed by atoms with Crippen LogP contribution in [0.2, 0.25) is 0 Å². The molecule has 1 atom stereocenters. The van der Waals surface area contributed by atoms with Crippen LogP contribution in [0.4, 0.5) is 0 Å². The minimum atomic E-state index is -0.101. The van der Waals surface area contributed by atoms with Gasteiger partial charge >= 0.3 is 0 Å². The Bertz CT molecular complexity index is 1030. The predicted octanol–water partition coefficient (Wildman–Crippen LogP) is 3.59. The van der Waals surface area contributed by atoms with Gasteiger partial charge in [-0.15, -0.1) is 5.10 Å². The molecule has 0 radical (unpaired) electrons. The Morgan fingerprint density at radius 3 is 2.50 bits per heavy atom. The topological polar surface area (TPSA) is 59.7 Å². The molecule has 0 spiro atoms. The van der Waals surface area contributed by atoms with Crippen molar-refractivity contribution in [2.45, 2.75) is 19.5 Å². The van der Waals surface area contributed by atoms with E-state index in [0.717, 1.165) is 34.7 Å². The molecule has 6 heteroatoms. The molecule has 140 valence electrons. The third-order valence-electron chi connectivity index (χ3n) is 4.79. The summed E-state index contributed by atoms with van der Waals surface area (Å²) in [5.74, 6) is 0.784. The maximum Gasteiger partial charge on any atom is 0.178 e. The van der Waals surface area contributed by atoms with Crippen molar-refractivity contribution in [2.24, 2.45) is 0 Å². The van der Waals surface area contributed by atoms with E-state index in [2.05, 4.69) is 63.6 Å².